The lowest BCUT2D eigenvalue weighted by atomic mass is 10.0. The van der Waals surface area contributed by atoms with E-state index in [9.17, 15) is 9.18 Å². The minimum Gasteiger partial charge on any atom is -0.492 e. The predicted octanol–water partition coefficient (Wildman–Crippen LogP) is 3.89. The lowest BCUT2D eigenvalue weighted by Crippen LogP contribution is -2.38. The predicted molar refractivity (Wildman–Crippen MR) is 129 cm³/mol. The fraction of sp³-hybridized carbons (Fsp3) is 0.269. The van der Waals surface area contributed by atoms with Crippen molar-refractivity contribution in [1.29, 1.82) is 0 Å². The summed E-state index contributed by atoms with van der Waals surface area (Å²) in [5.74, 6) is 0.0695. The van der Waals surface area contributed by atoms with E-state index in [1.807, 2.05) is 12.1 Å². The zero-order chi connectivity index (χ0) is 24.4. The van der Waals surface area contributed by atoms with Crippen molar-refractivity contribution in [3.8, 4) is 22.9 Å². The number of carbonyl (C=O) groups excluding carboxylic acids is 1. The third-order valence-electron chi connectivity index (χ3n) is 6.89. The SMILES string of the molecule is COc1c(F)cccc1Nc1c(-c2ccnc3ccc(OC4COC4)nc23)[nH]c2c1C(=O)N[C@@H]1C[C@H]21. The summed E-state index contributed by atoms with van der Waals surface area (Å²) in [7, 11) is 1.41. The lowest BCUT2D eigenvalue weighted by molar-refractivity contribution is -0.0812. The van der Waals surface area contributed by atoms with Crippen LogP contribution in [0, 0.1) is 5.82 Å². The van der Waals surface area contributed by atoms with Gasteiger partial charge in [-0.2, -0.15) is 0 Å². The molecule has 7 rings (SSSR count). The number of benzene rings is 1. The van der Waals surface area contributed by atoms with Crippen LogP contribution >= 0.6 is 0 Å². The zero-order valence-electron chi connectivity index (χ0n) is 19.3. The standard InChI is InChI=1S/C26H22FN5O4/c1-34-25-15(27)3-2-4-17(25)29-24-20-22(14-9-18(14)30-26(20)33)32-23(24)13-7-8-28-16-5-6-19(31-21(13)16)36-12-10-35-11-12/h2-8,12,14,18,29,32H,9-11H2,1H3,(H,30,33)/t14-,18+/m0/s1. The molecule has 0 spiro atoms. The number of hydrogen-bond donors (Lipinski definition) is 3. The molecule has 3 aromatic heterocycles. The molecule has 1 saturated heterocycles. The Hall–Kier alpha value is -4.18. The molecule has 3 N–H and O–H groups in total. The third-order valence-corrected chi connectivity index (χ3v) is 6.89. The van der Waals surface area contributed by atoms with Gasteiger partial charge in [0.25, 0.3) is 5.91 Å². The number of para-hydroxylation sites is 1. The van der Waals surface area contributed by atoms with Gasteiger partial charge in [-0.15, -0.1) is 0 Å². The molecule has 2 atom stereocenters. The van der Waals surface area contributed by atoms with E-state index in [4.69, 9.17) is 19.2 Å². The number of aromatic amines is 1. The molecule has 1 aliphatic carbocycles. The van der Waals surface area contributed by atoms with Gasteiger partial charge in [-0.1, -0.05) is 6.07 Å². The fourth-order valence-corrected chi connectivity index (χ4v) is 4.95. The van der Waals surface area contributed by atoms with Crippen molar-refractivity contribution in [2.45, 2.75) is 24.5 Å². The molecule has 36 heavy (non-hydrogen) atoms. The number of ether oxygens (including phenoxy) is 3. The molecule has 182 valence electrons. The fourth-order valence-electron chi connectivity index (χ4n) is 4.95. The number of pyridine rings is 2. The first-order chi connectivity index (χ1) is 17.6. The smallest absolute Gasteiger partial charge is 0.255 e. The third kappa shape index (κ3) is 3.29. The molecule has 4 aromatic rings. The molecule has 0 radical (unpaired) electrons. The van der Waals surface area contributed by atoms with E-state index in [-0.39, 0.29) is 29.7 Å². The molecule has 3 aliphatic rings. The van der Waals surface area contributed by atoms with Crippen molar-refractivity contribution in [2.24, 2.45) is 0 Å². The highest BCUT2D eigenvalue weighted by Gasteiger charge is 2.48. The van der Waals surface area contributed by atoms with Crippen molar-refractivity contribution < 1.29 is 23.4 Å². The monoisotopic (exact) mass is 487 g/mol. The zero-order valence-corrected chi connectivity index (χ0v) is 19.3. The Morgan fingerprint density at radius 2 is 2.08 bits per heavy atom. The van der Waals surface area contributed by atoms with Gasteiger partial charge in [-0.05, 0) is 30.7 Å². The van der Waals surface area contributed by atoms with Gasteiger partial charge in [0.15, 0.2) is 11.6 Å². The molecule has 1 aromatic carbocycles. The van der Waals surface area contributed by atoms with Gasteiger partial charge >= 0.3 is 0 Å². The van der Waals surface area contributed by atoms with Gasteiger partial charge in [0, 0.05) is 35.5 Å². The number of nitrogens with zero attached hydrogens (tertiary/aromatic N) is 2. The number of hydrogen-bond acceptors (Lipinski definition) is 7. The average Bonchev–Trinajstić information content (AvgIpc) is 3.53. The summed E-state index contributed by atoms with van der Waals surface area (Å²) in [6, 6.07) is 10.2. The molecule has 5 heterocycles. The normalized spacial score (nSPS) is 20.2. The Labute approximate surface area is 205 Å². The highest BCUT2D eigenvalue weighted by Crippen LogP contribution is 2.50. The van der Waals surface area contributed by atoms with Gasteiger partial charge < -0.3 is 29.8 Å². The number of methoxy groups -OCH3 is 1. The Morgan fingerprint density at radius 3 is 2.89 bits per heavy atom. The Bertz CT molecular complexity index is 1530. The van der Waals surface area contributed by atoms with Crippen LogP contribution in [0.4, 0.5) is 15.8 Å². The van der Waals surface area contributed by atoms with Gasteiger partial charge in [-0.3, -0.25) is 9.78 Å². The minimum absolute atomic E-state index is 0.0268. The van der Waals surface area contributed by atoms with Crippen LogP contribution in [0.15, 0.2) is 42.6 Å². The number of carbonyl (C=O) groups is 1. The van der Waals surface area contributed by atoms with Gasteiger partial charge in [0.05, 0.1) is 48.5 Å². The number of H-pyrrole nitrogens is 1. The summed E-state index contributed by atoms with van der Waals surface area (Å²) in [4.78, 5) is 25.9. The number of anilines is 2. The molecular weight excluding hydrogens is 465 g/mol. The maximum atomic E-state index is 14.5. The highest BCUT2D eigenvalue weighted by molar-refractivity contribution is 6.09. The Morgan fingerprint density at radius 1 is 1.19 bits per heavy atom. The van der Waals surface area contributed by atoms with E-state index in [0.29, 0.717) is 52.8 Å². The van der Waals surface area contributed by atoms with Crippen LogP contribution < -0.4 is 20.1 Å². The quantitative estimate of drug-likeness (QED) is 0.378. The summed E-state index contributed by atoms with van der Waals surface area (Å²) in [5.41, 5.74) is 5.03. The summed E-state index contributed by atoms with van der Waals surface area (Å²) < 4.78 is 30.9. The summed E-state index contributed by atoms with van der Waals surface area (Å²) >= 11 is 0. The Kier molecular flexibility index (Phi) is 4.65. The van der Waals surface area contributed by atoms with Crippen molar-refractivity contribution in [1.82, 2.24) is 20.3 Å². The Balaban J connectivity index is 1.41. The molecule has 0 unspecified atom stereocenters. The van der Waals surface area contributed by atoms with Gasteiger partial charge in [0.2, 0.25) is 5.88 Å². The van der Waals surface area contributed by atoms with Crippen LogP contribution in [0.1, 0.15) is 28.4 Å². The van der Waals surface area contributed by atoms with E-state index < -0.39 is 5.82 Å². The lowest BCUT2D eigenvalue weighted by Gasteiger charge is -2.26. The first-order valence-corrected chi connectivity index (χ1v) is 11.8. The number of halogens is 1. The molecule has 2 aliphatic heterocycles. The number of aromatic nitrogens is 3. The van der Waals surface area contributed by atoms with Crippen LogP contribution in [0.2, 0.25) is 0 Å². The van der Waals surface area contributed by atoms with Crippen LogP contribution in [0.5, 0.6) is 11.6 Å². The molecule has 9 nitrogen and oxygen atoms in total. The van der Waals surface area contributed by atoms with Crippen molar-refractivity contribution in [3.05, 3.63) is 59.7 Å². The van der Waals surface area contributed by atoms with E-state index in [1.54, 1.807) is 24.4 Å². The summed E-state index contributed by atoms with van der Waals surface area (Å²) in [6.07, 6.45) is 2.55. The van der Waals surface area contributed by atoms with Crippen molar-refractivity contribution in [3.63, 3.8) is 0 Å². The summed E-state index contributed by atoms with van der Waals surface area (Å²) in [6.45, 7) is 1.06. The first-order valence-electron chi connectivity index (χ1n) is 11.8. The number of fused-ring (bicyclic) bond motifs is 4. The molecular formula is C26H22FN5O4. The topological polar surface area (TPSA) is 110 Å². The van der Waals surface area contributed by atoms with Crippen LogP contribution in [-0.2, 0) is 4.74 Å². The van der Waals surface area contributed by atoms with Crippen molar-refractivity contribution >= 4 is 28.3 Å². The maximum Gasteiger partial charge on any atom is 0.255 e. The largest absolute Gasteiger partial charge is 0.492 e. The second-order valence-corrected chi connectivity index (χ2v) is 9.18. The first kappa shape index (κ1) is 21.1. The van der Waals surface area contributed by atoms with Crippen LogP contribution in [0.3, 0.4) is 0 Å². The van der Waals surface area contributed by atoms with Gasteiger partial charge in [-0.25, -0.2) is 9.37 Å². The van der Waals surface area contributed by atoms with E-state index in [0.717, 1.165) is 17.7 Å². The number of nitrogens with one attached hydrogen (secondary N) is 3. The highest BCUT2D eigenvalue weighted by atomic mass is 19.1. The molecule has 2 fully saturated rings. The number of rotatable bonds is 6. The van der Waals surface area contributed by atoms with Crippen molar-refractivity contribution in [2.75, 3.05) is 25.6 Å². The average molecular weight is 487 g/mol. The molecule has 0 bridgehead atoms. The summed E-state index contributed by atoms with van der Waals surface area (Å²) in [5, 5.41) is 6.34. The minimum atomic E-state index is -0.502. The second-order valence-electron chi connectivity index (χ2n) is 9.18. The molecule has 10 heteroatoms. The van der Waals surface area contributed by atoms with E-state index in [1.165, 1.54) is 13.2 Å². The van der Waals surface area contributed by atoms with Crippen LogP contribution in [0.25, 0.3) is 22.3 Å². The van der Waals surface area contributed by atoms with E-state index in [2.05, 4.69) is 20.6 Å². The van der Waals surface area contributed by atoms with Gasteiger partial charge in [0.1, 0.15) is 11.6 Å². The van der Waals surface area contributed by atoms with E-state index >= 15 is 0 Å². The maximum absolute atomic E-state index is 14.5. The molecule has 1 amide bonds. The molecule has 1 saturated carbocycles. The van der Waals surface area contributed by atoms with Crippen LogP contribution in [-0.4, -0.2) is 53.3 Å². The second kappa shape index (κ2) is 7.92. The number of amides is 1.